The number of phenolic OH excluding ortho intramolecular Hbond substituents is 1. The minimum atomic E-state index is 0.0234. The molecule has 5 nitrogen and oxygen atoms in total. The Bertz CT molecular complexity index is 1020. The molecule has 2 fully saturated rings. The largest absolute Gasteiger partial charge is 0.508 e. The zero-order valence-corrected chi connectivity index (χ0v) is 20.5. The van der Waals surface area contributed by atoms with Gasteiger partial charge in [-0.15, -0.1) is 0 Å². The van der Waals surface area contributed by atoms with E-state index in [1.54, 1.807) is 12.1 Å². The number of likely N-dealkylation sites (tertiary alicyclic amines) is 2. The van der Waals surface area contributed by atoms with Crippen molar-refractivity contribution in [3.05, 3.63) is 59.7 Å². The minimum Gasteiger partial charge on any atom is -0.508 e. The van der Waals surface area contributed by atoms with Crippen molar-refractivity contribution < 1.29 is 9.90 Å². The van der Waals surface area contributed by atoms with E-state index in [1.807, 2.05) is 38.1 Å². The Morgan fingerprint density at radius 2 is 1.74 bits per heavy atom. The lowest BCUT2D eigenvalue weighted by Gasteiger charge is -2.31. The summed E-state index contributed by atoms with van der Waals surface area (Å²) in [6, 6.07) is 15.6. The Morgan fingerprint density at radius 3 is 2.47 bits per heavy atom. The van der Waals surface area contributed by atoms with Crippen molar-refractivity contribution >= 4 is 11.6 Å². The first kappa shape index (κ1) is 24.3. The molecule has 2 heterocycles. The van der Waals surface area contributed by atoms with Gasteiger partial charge in [-0.1, -0.05) is 43.9 Å². The SMILES string of the molecule is CC(C)c1cc(NC(=O)[C@@H]2CCN(CCN3CCC(C#Cc4ccccc4)CC3)C2)ccc1O. The lowest BCUT2D eigenvalue weighted by atomic mass is 9.97. The lowest BCUT2D eigenvalue weighted by molar-refractivity contribution is -0.119. The maximum atomic E-state index is 12.8. The van der Waals surface area contributed by atoms with Gasteiger partial charge in [0.25, 0.3) is 0 Å². The number of rotatable bonds is 6. The fourth-order valence-electron chi connectivity index (χ4n) is 4.88. The number of piperidine rings is 1. The highest BCUT2D eigenvalue weighted by molar-refractivity contribution is 5.93. The van der Waals surface area contributed by atoms with E-state index in [9.17, 15) is 9.90 Å². The summed E-state index contributed by atoms with van der Waals surface area (Å²) < 4.78 is 0. The van der Waals surface area contributed by atoms with E-state index in [1.165, 1.54) is 0 Å². The Labute approximate surface area is 204 Å². The molecule has 34 heavy (non-hydrogen) atoms. The van der Waals surface area contributed by atoms with E-state index in [-0.39, 0.29) is 23.5 Å². The normalized spacial score (nSPS) is 19.7. The average Bonchev–Trinajstić information content (AvgIpc) is 3.33. The van der Waals surface area contributed by atoms with E-state index < -0.39 is 0 Å². The van der Waals surface area contributed by atoms with E-state index in [0.717, 1.165) is 75.3 Å². The second-order valence-electron chi connectivity index (χ2n) is 9.96. The first-order chi connectivity index (χ1) is 16.5. The van der Waals surface area contributed by atoms with Crippen LogP contribution in [0.4, 0.5) is 5.69 Å². The molecule has 0 bridgehead atoms. The Balaban J connectivity index is 1.18. The van der Waals surface area contributed by atoms with Crippen LogP contribution in [0.3, 0.4) is 0 Å². The monoisotopic (exact) mass is 459 g/mol. The molecular weight excluding hydrogens is 422 g/mol. The summed E-state index contributed by atoms with van der Waals surface area (Å²) in [5, 5.41) is 13.1. The molecule has 0 radical (unpaired) electrons. The van der Waals surface area contributed by atoms with E-state index in [2.05, 4.69) is 39.1 Å². The van der Waals surface area contributed by atoms with Crippen LogP contribution in [0.5, 0.6) is 5.75 Å². The number of hydrogen-bond acceptors (Lipinski definition) is 4. The lowest BCUT2D eigenvalue weighted by Crippen LogP contribution is -2.39. The van der Waals surface area contributed by atoms with Crippen molar-refractivity contribution in [1.82, 2.24) is 9.80 Å². The van der Waals surface area contributed by atoms with E-state index >= 15 is 0 Å². The molecule has 2 aliphatic rings. The molecule has 0 aliphatic carbocycles. The third-order valence-electron chi connectivity index (χ3n) is 7.07. The third-order valence-corrected chi connectivity index (χ3v) is 7.07. The minimum absolute atomic E-state index is 0.0234. The van der Waals surface area contributed by atoms with Gasteiger partial charge in [-0.3, -0.25) is 4.79 Å². The molecule has 1 atom stereocenters. The van der Waals surface area contributed by atoms with Gasteiger partial charge in [0.05, 0.1) is 5.92 Å². The topological polar surface area (TPSA) is 55.8 Å². The predicted octanol–water partition coefficient (Wildman–Crippen LogP) is 4.54. The Hall–Kier alpha value is -2.81. The standard InChI is InChI=1S/C29H37N3O2/c1-22(2)27-20-26(10-11-28(27)33)30-29(34)25-14-17-32(21-25)19-18-31-15-12-24(13-16-31)9-8-23-6-4-3-5-7-23/h3-7,10-11,20,22,24-25,33H,12-19,21H2,1-2H3,(H,30,34)/t25-/m1/s1. The van der Waals surface area contributed by atoms with Crippen LogP contribution in [0.1, 0.15) is 50.2 Å². The molecule has 180 valence electrons. The molecular formula is C29H37N3O2. The van der Waals surface area contributed by atoms with Gasteiger partial charge in [0.2, 0.25) is 5.91 Å². The molecule has 1 amide bonds. The van der Waals surface area contributed by atoms with Crippen molar-refractivity contribution in [3.63, 3.8) is 0 Å². The highest BCUT2D eigenvalue weighted by Crippen LogP contribution is 2.29. The number of carbonyl (C=O) groups excluding carboxylic acids is 1. The van der Waals surface area contributed by atoms with E-state index in [0.29, 0.717) is 5.92 Å². The van der Waals surface area contributed by atoms with Crippen molar-refractivity contribution in [3.8, 4) is 17.6 Å². The van der Waals surface area contributed by atoms with Crippen LogP contribution in [-0.2, 0) is 4.79 Å². The summed E-state index contributed by atoms with van der Waals surface area (Å²) in [5.74, 6) is 7.88. The van der Waals surface area contributed by atoms with Gasteiger partial charge in [0.1, 0.15) is 5.75 Å². The zero-order chi connectivity index (χ0) is 23.9. The average molecular weight is 460 g/mol. The summed E-state index contributed by atoms with van der Waals surface area (Å²) in [5.41, 5.74) is 2.73. The number of benzene rings is 2. The molecule has 0 saturated carbocycles. The molecule has 5 heteroatoms. The van der Waals surface area contributed by atoms with Gasteiger partial charge < -0.3 is 20.2 Å². The highest BCUT2D eigenvalue weighted by Gasteiger charge is 2.29. The fourth-order valence-corrected chi connectivity index (χ4v) is 4.88. The van der Waals surface area contributed by atoms with Gasteiger partial charge in [0.15, 0.2) is 0 Å². The second kappa shape index (κ2) is 11.6. The van der Waals surface area contributed by atoms with Crippen LogP contribution in [0, 0.1) is 23.7 Å². The molecule has 2 aliphatic heterocycles. The van der Waals surface area contributed by atoms with Crippen molar-refractivity contribution in [2.24, 2.45) is 11.8 Å². The smallest absolute Gasteiger partial charge is 0.228 e. The summed E-state index contributed by atoms with van der Waals surface area (Å²) >= 11 is 0. The molecule has 2 saturated heterocycles. The Morgan fingerprint density at radius 1 is 1.03 bits per heavy atom. The van der Waals surface area contributed by atoms with Crippen molar-refractivity contribution in [2.45, 2.75) is 39.0 Å². The van der Waals surface area contributed by atoms with Crippen LogP contribution in [-0.4, -0.2) is 60.1 Å². The summed E-state index contributed by atoms with van der Waals surface area (Å²) in [4.78, 5) is 17.8. The van der Waals surface area contributed by atoms with Gasteiger partial charge in [-0.05, 0) is 80.7 Å². The zero-order valence-electron chi connectivity index (χ0n) is 20.5. The second-order valence-corrected chi connectivity index (χ2v) is 9.96. The third kappa shape index (κ3) is 6.62. The van der Waals surface area contributed by atoms with Crippen LogP contribution >= 0.6 is 0 Å². The molecule has 4 rings (SSSR count). The van der Waals surface area contributed by atoms with Gasteiger partial charge in [-0.25, -0.2) is 0 Å². The highest BCUT2D eigenvalue weighted by atomic mass is 16.3. The fraction of sp³-hybridized carbons (Fsp3) is 0.483. The number of aromatic hydroxyl groups is 1. The number of anilines is 1. The van der Waals surface area contributed by atoms with Crippen LogP contribution in [0.25, 0.3) is 0 Å². The number of phenols is 1. The number of nitrogens with zero attached hydrogens (tertiary/aromatic N) is 2. The van der Waals surface area contributed by atoms with Crippen molar-refractivity contribution in [1.29, 1.82) is 0 Å². The predicted molar refractivity (Wildman–Crippen MR) is 138 cm³/mol. The van der Waals surface area contributed by atoms with Crippen LogP contribution in [0.15, 0.2) is 48.5 Å². The first-order valence-corrected chi connectivity index (χ1v) is 12.6. The van der Waals surface area contributed by atoms with Crippen LogP contribution < -0.4 is 5.32 Å². The number of amides is 1. The van der Waals surface area contributed by atoms with Gasteiger partial charge >= 0.3 is 0 Å². The number of hydrogen-bond donors (Lipinski definition) is 2. The molecule has 2 aromatic rings. The maximum Gasteiger partial charge on any atom is 0.228 e. The van der Waals surface area contributed by atoms with Gasteiger partial charge in [-0.2, -0.15) is 0 Å². The Kier molecular flexibility index (Phi) is 8.26. The maximum absolute atomic E-state index is 12.8. The molecule has 0 unspecified atom stereocenters. The van der Waals surface area contributed by atoms with Crippen molar-refractivity contribution in [2.75, 3.05) is 44.6 Å². The molecule has 2 N–H and O–H groups in total. The molecule has 2 aromatic carbocycles. The van der Waals surface area contributed by atoms with Gasteiger partial charge in [0, 0.05) is 36.8 Å². The summed E-state index contributed by atoms with van der Waals surface area (Å²) in [6.07, 6.45) is 3.17. The molecule has 0 aromatic heterocycles. The number of carbonyl (C=O) groups is 1. The van der Waals surface area contributed by atoms with E-state index in [4.69, 9.17) is 0 Å². The number of nitrogens with one attached hydrogen (secondary N) is 1. The van der Waals surface area contributed by atoms with Crippen LogP contribution in [0.2, 0.25) is 0 Å². The molecule has 0 spiro atoms. The summed E-state index contributed by atoms with van der Waals surface area (Å²) in [6.45, 7) is 10.1. The summed E-state index contributed by atoms with van der Waals surface area (Å²) in [7, 11) is 0. The quantitative estimate of drug-likeness (QED) is 0.492. The first-order valence-electron chi connectivity index (χ1n) is 12.6.